The van der Waals surface area contributed by atoms with E-state index in [1.165, 1.54) is 18.4 Å². The van der Waals surface area contributed by atoms with E-state index in [1.54, 1.807) is 12.1 Å². The van der Waals surface area contributed by atoms with Crippen molar-refractivity contribution in [3.8, 4) is 5.75 Å². The minimum Gasteiger partial charge on any atom is -0.508 e. The maximum atomic E-state index is 12.9. The number of Topliss-reactive ketones (excluding diaryl/α,β-unsaturated/α-hetero) is 1. The fourth-order valence-electron chi connectivity index (χ4n) is 9.09. The molecule has 0 amide bonds. The van der Waals surface area contributed by atoms with E-state index >= 15 is 0 Å². The number of phenols is 1. The van der Waals surface area contributed by atoms with E-state index in [1.807, 2.05) is 19.1 Å². The molecule has 4 aliphatic carbocycles. The van der Waals surface area contributed by atoms with Crippen LogP contribution in [-0.2, 0) is 16.1 Å². The van der Waals surface area contributed by atoms with Gasteiger partial charge in [0.2, 0.25) is 0 Å². The third kappa shape index (κ3) is 3.43. The van der Waals surface area contributed by atoms with Crippen LogP contribution in [0, 0.1) is 34.0 Å². The van der Waals surface area contributed by atoms with Crippen molar-refractivity contribution in [1.82, 2.24) is 0 Å². The SMILES string of the molecule is CCC1(C(C)=O)CCC2C3CC=C4CC(O)(OCc5ccc(O)cc5)CCC4(C)C3CCC21C. The predicted molar refractivity (Wildman–Crippen MR) is 133 cm³/mol. The summed E-state index contributed by atoms with van der Waals surface area (Å²) in [5, 5.41) is 20.8. The number of rotatable bonds is 5. The molecule has 4 heteroatoms. The molecular formula is C30H42O4. The minimum absolute atomic E-state index is 0.117. The van der Waals surface area contributed by atoms with Crippen molar-refractivity contribution < 1.29 is 19.7 Å². The molecule has 34 heavy (non-hydrogen) atoms. The lowest BCUT2D eigenvalue weighted by Gasteiger charge is -2.60. The Labute approximate surface area is 204 Å². The lowest BCUT2D eigenvalue weighted by atomic mass is 9.45. The van der Waals surface area contributed by atoms with Gasteiger partial charge in [-0.05, 0) is 98.1 Å². The quantitative estimate of drug-likeness (QED) is 0.382. The van der Waals surface area contributed by atoms with E-state index in [-0.39, 0.29) is 22.0 Å². The van der Waals surface area contributed by atoms with Crippen LogP contribution in [0.25, 0.3) is 0 Å². The van der Waals surface area contributed by atoms with Crippen LogP contribution in [0.1, 0.15) is 91.0 Å². The largest absolute Gasteiger partial charge is 0.508 e. The van der Waals surface area contributed by atoms with Gasteiger partial charge in [0.25, 0.3) is 0 Å². The maximum Gasteiger partial charge on any atom is 0.169 e. The Hall–Kier alpha value is -1.65. The molecule has 186 valence electrons. The van der Waals surface area contributed by atoms with Gasteiger partial charge in [-0.2, -0.15) is 0 Å². The molecule has 7 unspecified atom stereocenters. The lowest BCUT2D eigenvalue weighted by Crippen LogP contribution is -2.55. The fourth-order valence-corrected chi connectivity index (χ4v) is 9.09. The summed E-state index contributed by atoms with van der Waals surface area (Å²) in [6.07, 6.45) is 11.2. The number of ketones is 1. The Morgan fingerprint density at radius 2 is 1.76 bits per heavy atom. The van der Waals surface area contributed by atoms with Gasteiger partial charge < -0.3 is 14.9 Å². The van der Waals surface area contributed by atoms with Gasteiger partial charge in [-0.1, -0.05) is 44.6 Å². The van der Waals surface area contributed by atoms with E-state index in [4.69, 9.17) is 4.74 Å². The topological polar surface area (TPSA) is 66.8 Å². The van der Waals surface area contributed by atoms with Gasteiger partial charge in [0.1, 0.15) is 11.5 Å². The summed E-state index contributed by atoms with van der Waals surface area (Å²) in [5.41, 5.74) is 2.44. The molecule has 2 N–H and O–H groups in total. The highest BCUT2D eigenvalue weighted by Crippen LogP contribution is 2.70. The van der Waals surface area contributed by atoms with Crippen molar-refractivity contribution in [2.24, 2.45) is 34.0 Å². The first kappa shape index (κ1) is 24.1. The number of carbonyl (C=O) groups excluding carboxylic acids is 1. The second-order valence-electron chi connectivity index (χ2n) is 12.3. The molecule has 0 bridgehead atoms. The van der Waals surface area contributed by atoms with Crippen LogP contribution in [0.3, 0.4) is 0 Å². The fraction of sp³-hybridized carbons (Fsp3) is 0.700. The van der Waals surface area contributed by atoms with Crippen LogP contribution in [-0.4, -0.2) is 21.8 Å². The van der Waals surface area contributed by atoms with E-state index in [0.29, 0.717) is 43.0 Å². The van der Waals surface area contributed by atoms with Gasteiger partial charge in [-0.15, -0.1) is 0 Å². The predicted octanol–water partition coefficient (Wildman–Crippen LogP) is 6.55. The molecule has 3 saturated carbocycles. The van der Waals surface area contributed by atoms with Gasteiger partial charge >= 0.3 is 0 Å². The molecule has 3 fully saturated rings. The van der Waals surface area contributed by atoms with Crippen LogP contribution >= 0.6 is 0 Å². The van der Waals surface area contributed by atoms with Crippen LogP contribution < -0.4 is 0 Å². The van der Waals surface area contributed by atoms with Crippen molar-refractivity contribution in [1.29, 1.82) is 0 Å². The third-order valence-corrected chi connectivity index (χ3v) is 11.2. The van der Waals surface area contributed by atoms with E-state index in [2.05, 4.69) is 26.8 Å². The standard InChI is InChI=1S/C30H42O4/c1-5-29(20(2)31)15-13-26-24-11-8-22-18-30(33,34-19-21-6-9-23(32)10-7-21)17-16-27(22,3)25(24)12-14-28(26,29)4/h6-10,24-26,32-33H,5,11-19H2,1-4H3. The Morgan fingerprint density at radius 3 is 2.44 bits per heavy atom. The monoisotopic (exact) mass is 466 g/mol. The van der Waals surface area contributed by atoms with Crippen molar-refractivity contribution in [3.05, 3.63) is 41.5 Å². The Balaban J connectivity index is 1.35. The highest BCUT2D eigenvalue weighted by atomic mass is 16.6. The highest BCUT2D eigenvalue weighted by molar-refractivity contribution is 5.83. The van der Waals surface area contributed by atoms with Crippen LogP contribution in [0.15, 0.2) is 35.9 Å². The normalized spacial score (nSPS) is 43.4. The van der Waals surface area contributed by atoms with Gasteiger partial charge in [0, 0.05) is 18.3 Å². The van der Waals surface area contributed by atoms with Crippen LogP contribution in [0.4, 0.5) is 0 Å². The van der Waals surface area contributed by atoms with Crippen molar-refractivity contribution in [2.45, 2.75) is 97.9 Å². The summed E-state index contributed by atoms with van der Waals surface area (Å²) in [5.74, 6) is 1.42. The number of hydrogen-bond acceptors (Lipinski definition) is 4. The first-order chi connectivity index (χ1) is 16.1. The summed E-state index contributed by atoms with van der Waals surface area (Å²) >= 11 is 0. The van der Waals surface area contributed by atoms with Gasteiger partial charge in [-0.25, -0.2) is 0 Å². The first-order valence-electron chi connectivity index (χ1n) is 13.4. The summed E-state index contributed by atoms with van der Waals surface area (Å²) in [6.45, 7) is 9.28. The molecule has 0 aromatic heterocycles. The Morgan fingerprint density at radius 1 is 1.06 bits per heavy atom. The number of aliphatic hydroxyl groups is 1. The zero-order valence-electron chi connectivity index (χ0n) is 21.4. The summed E-state index contributed by atoms with van der Waals surface area (Å²) in [7, 11) is 0. The molecule has 1 aromatic rings. The Bertz CT molecular complexity index is 982. The molecule has 4 nitrogen and oxygen atoms in total. The van der Waals surface area contributed by atoms with Gasteiger partial charge in [-0.3, -0.25) is 4.79 Å². The number of carbonyl (C=O) groups is 1. The molecule has 4 aliphatic rings. The molecule has 0 saturated heterocycles. The zero-order valence-corrected chi connectivity index (χ0v) is 21.4. The van der Waals surface area contributed by atoms with Crippen molar-refractivity contribution in [3.63, 3.8) is 0 Å². The van der Waals surface area contributed by atoms with Crippen LogP contribution in [0.5, 0.6) is 5.75 Å². The summed E-state index contributed by atoms with van der Waals surface area (Å²) < 4.78 is 6.08. The van der Waals surface area contributed by atoms with Crippen molar-refractivity contribution >= 4 is 5.78 Å². The lowest BCUT2D eigenvalue weighted by molar-refractivity contribution is -0.231. The molecule has 0 heterocycles. The van der Waals surface area contributed by atoms with Gasteiger partial charge in [0.15, 0.2) is 5.79 Å². The molecule has 0 aliphatic heterocycles. The number of phenolic OH excluding ortho intramolecular Hbond substituents is 1. The minimum atomic E-state index is -1.13. The average molecular weight is 467 g/mol. The number of hydrogen-bond donors (Lipinski definition) is 2. The zero-order chi connectivity index (χ0) is 24.4. The van der Waals surface area contributed by atoms with E-state index < -0.39 is 5.79 Å². The number of allylic oxidation sites excluding steroid dienone is 1. The molecule has 0 spiro atoms. The molecular weight excluding hydrogens is 424 g/mol. The highest BCUT2D eigenvalue weighted by Gasteiger charge is 2.65. The second kappa shape index (κ2) is 8.20. The average Bonchev–Trinajstić information content (AvgIpc) is 3.13. The molecule has 7 atom stereocenters. The number of benzene rings is 1. The summed E-state index contributed by atoms with van der Waals surface area (Å²) in [4.78, 5) is 12.9. The Kier molecular flexibility index (Phi) is 5.80. The van der Waals surface area contributed by atoms with E-state index in [9.17, 15) is 15.0 Å². The van der Waals surface area contributed by atoms with Gasteiger partial charge in [0.05, 0.1) is 6.61 Å². The number of aromatic hydroxyl groups is 1. The maximum absolute atomic E-state index is 12.9. The third-order valence-electron chi connectivity index (χ3n) is 11.2. The molecule has 1 aromatic carbocycles. The van der Waals surface area contributed by atoms with Crippen LogP contribution in [0.2, 0.25) is 0 Å². The second-order valence-corrected chi connectivity index (χ2v) is 12.3. The number of fused-ring (bicyclic) bond motifs is 5. The first-order valence-corrected chi connectivity index (χ1v) is 13.4. The summed E-state index contributed by atoms with van der Waals surface area (Å²) in [6, 6.07) is 7.00. The number of ether oxygens (including phenoxy) is 1. The molecule has 5 rings (SSSR count). The van der Waals surface area contributed by atoms with Crippen molar-refractivity contribution in [2.75, 3.05) is 0 Å². The smallest absolute Gasteiger partial charge is 0.169 e. The molecule has 0 radical (unpaired) electrons. The van der Waals surface area contributed by atoms with E-state index in [0.717, 1.165) is 37.7 Å².